The highest BCUT2D eigenvalue weighted by Gasteiger charge is 2.31. The number of carbonyl (C=O) groups excluding carboxylic acids is 1. The molecule has 1 N–H and O–H groups in total. The van der Waals surface area contributed by atoms with Crippen LogP contribution < -0.4 is 5.32 Å². The Labute approximate surface area is 129 Å². The monoisotopic (exact) mass is 293 g/mol. The summed E-state index contributed by atoms with van der Waals surface area (Å²) in [7, 11) is 0. The normalized spacial score (nSPS) is 32.5. The number of hydrogen-bond donors (Lipinski definition) is 1. The van der Waals surface area contributed by atoms with E-state index in [4.69, 9.17) is 0 Å². The molecule has 21 heavy (non-hydrogen) atoms. The summed E-state index contributed by atoms with van der Waals surface area (Å²) < 4.78 is 0. The fourth-order valence-corrected chi connectivity index (χ4v) is 4.27. The molecule has 0 aliphatic carbocycles. The van der Waals surface area contributed by atoms with Crippen molar-refractivity contribution in [1.82, 2.24) is 15.1 Å². The van der Waals surface area contributed by atoms with E-state index in [1.165, 1.54) is 45.3 Å². The van der Waals surface area contributed by atoms with E-state index in [0.717, 1.165) is 38.5 Å². The van der Waals surface area contributed by atoms with Gasteiger partial charge in [-0.3, -0.25) is 4.79 Å². The van der Waals surface area contributed by atoms with Gasteiger partial charge < -0.3 is 15.1 Å². The van der Waals surface area contributed by atoms with E-state index in [1.54, 1.807) is 0 Å². The first-order chi connectivity index (χ1) is 10.2. The smallest absolute Gasteiger partial charge is 0.226 e. The molecule has 0 saturated carbocycles. The molecule has 3 rings (SSSR count). The topological polar surface area (TPSA) is 35.6 Å². The first kappa shape index (κ1) is 15.3. The zero-order valence-corrected chi connectivity index (χ0v) is 13.5. The molecule has 1 amide bonds. The van der Waals surface area contributed by atoms with Gasteiger partial charge in [-0.2, -0.15) is 0 Å². The third-order valence-corrected chi connectivity index (χ3v) is 5.56. The Balaban J connectivity index is 1.43. The van der Waals surface area contributed by atoms with Crippen LogP contribution in [0.25, 0.3) is 0 Å². The second-order valence-corrected chi connectivity index (χ2v) is 7.47. The van der Waals surface area contributed by atoms with E-state index in [1.807, 2.05) is 0 Å². The van der Waals surface area contributed by atoms with E-state index < -0.39 is 0 Å². The predicted octanol–water partition coefficient (Wildman–Crippen LogP) is 1.57. The van der Waals surface area contributed by atoms with E-state index >= 15 is 0 Å². The van der Waals surface area contributed by atoms with Crippen molar-refractivity contribution in [3.63, 3.8) is 0 Å². The summed E-state index contributed by atoms with van der Waals surface area (Å²) in [5.74, 6) is 2.09. The van der Waals surface area contributed by atoms with Crippen LogP contribution in [-0.4, -0.2) is 61.5 Å². The maximum Gasteiger partial charge on any atom is 0.226 e. The van der Waals surface area contributed by atoms with Crippen LogP contribution in [0.3, 0.4) is 0 Å². The highest BCUT2D eigenvalue weighted by Crippen LogP contribution is 2.24. The van der Waals surface area contributed by atoms with Gasteiger partial charge in [0, 0.05) is 26.2 Å². The molecule has 0 bridgehead atoms. The number of amides is 1. The first-order valence-corrected chi connectivity index (χ1v) is 8.94. The summed E-state index contributed by atoms with van der Waals surface area (Å²) in [6, 6.07) is 0. The molecule has 0 spiro atoms. The van der Waals surface area contributed by atoms with Crippen LogP contribution in [0, 0.1) is 17.8 Å². The molecule has 3 aliphatic heterocycles. The quantitative estimate of drug-likeness (QED) is 0.858. The molecule has 0 aromatic carbocycles. The van der Waals surface area contributed by atoms with Gasteiger partial charge >= 0.3 is 0 Å². The van der Waals surface area contributed by atoms with Crippen molar-refractivity contribution >= 4 is 5.91 Å². The summed E-state index contributed by atoms with van der Waals surface area (Å²) in [5, 5.41) is 3.41. The standard InChI is InChI=1S/C17H31N3O/c1-14-10-16(12-18-11-14)17(21)20-8-4-15(5-9-20)13-19-6-2-3-7-19/h14-16,18H,2-13H2,1H3. The van der Waals surface area contributed by atoms with Gasteiger partial charge in [0.15, 0.2) is 0 Å². The van der Waals surface area contributed by atoms with Crippen LogP contribution in [0.5, 0.6) is 0 Å². The molecule has 2 atom stereocenters. The zero-order chi connectivity index (χ0) is 14.7. The van der Waals surface area contributed by atoms with Crippen LogP contribution in [0.4, 0.5) is 0 Å². The van der Waals surface area contributed by atoms with Crippen molar-refractivity contribution in [2.45, 2.75) is 39.0 Å². The molecule has 0 radical (unpaired) electrons. The summed E-state index contributed by atoms with van der Waals surface area (Å²) >= 11 is 0. The van der Waals surface area contributed by atoms with Crippen molar-refractivity contribution in [3.8, 4) is 0 Å². The summed E-state index contributed by atoms with van der Waals surface area (Å²) in [4.78, 5) is 17.4. The molecule has 4 nitrogen and oxygen atoms in total. The molecule has 0 aromatic rings. The Morgan fingerprint density at radius 3 is 2.48 bits per heavy atom. The Hall–Kier alpha value is -0.610. The van der Waals surface area contributed by atoms with Gasteiger partial charge in [0.1, 0.15) is 0 Å². The Morgan fingerprint density at radius 1 is 1.10 bits per heavy atom. The third-order valence-electron chi connectivity index (χ3n) is 5.56. The maximum absolute atomic E-state index is 12.6. The molecule has 120 valence electrons. The van der Waals surface area contributed by atoms with Gasteiger partial charge in [-0.05, 0) is 63.6 Å². The second-order valence-electron chi connectivity index (χ2n) is 7.47. The van der Waals surface area contributed by atoms with Gasteiger partial charge in [-0.25, -0.2) is 0 Å². The fraction of sp³-hybridized carbons (Fsp3) is 0.941. The number of carbonyl (C=O) groups is 1. The lowest BCUT2D eigenvalue weighted by molar-refractivity contribution is -0.138. The van der Waals surface area contributed by atoms with E-state index in [-0.39, 0.29) is 5.92 Å². The van der Waals surface area contributed by atoms with Gasteiger partial charge in [0.2, 0.25) is 5.91 Å². The van der Waals surface area contributed by atoms with Crippen molar-refractivity contribution in [2.24, 2.45) is 17.8 Å². The molecular formula is C17H31N3O. The molecule has 3 fully saturated rings. The van der Waals surface area contributed by atoms with Crippen LogP contribution in [0.2, 0.25) is 0 Å². The third kappa shape index (κ3) is 3.98. The van der Waals surface area contributed by atoms with Gasteiger partial charge in [-0.1, -0.05) is 6.92 Å². The number of piperidine rings is 2. The average molecular weight is 293 g/mol. The van der Waals surface area contributed by atoms with Crippen LogP contribution in [0.1, 0.15) is 39.0 Å². The van der Waals surface area contributed by atoms with Gasteiger partial charge in [0.05, 0.1) is 5.92 Å². The highest BCUT2D eigenvalue weighted by molar-refractivity contribution is 5.79. The van der Waals surface area contributed by atoms with E-state index in [2.05, 4.69) is 22.0 Å². The first-order valence-electron chi connectivity index (χ1n) is 8.94. The Kier molecular flexibility index (Phi) is 5.17. The maximum atomic E-state index is 12.6. The zero-order valence-electron chi connectivity index (χ0n) is 13.5. The van der Waals surface area contributed by atoms with Crippen molar-refractivity contribution in [3.05, 3.63) is 0 Å². The highest BCUT2D eigenvalue weighted by atomic mass is 16.2. The second kappa shape index (κ2) is 7.10. The molecular weight excluding hydrogens is 262 g/mol. The van der Waals surface area contributed by atoms with E-state index in [9.17, 15) is 4.79 Å². The lowest BCUT2D eigenvalue weighted by Gasteiger charge is -2.37. The van der Waals surface area contributed by atoms with Gasteiger partial charge in [-0.15, -0.1) is 0 Å². The van der Waals surface area contributed by atoms with Gasteiger partial charge in [0.25, 0.3) is 0 Å². The van der Waals surface area contributed by atoms with Crippen LogP contribution in [0.15, 0.2) is 0 Å². The lowest BCUT2D eigenvalue weighted by atomic mass is 9.89. The molecule has 4 heteroatoms. The SMILES string of the molecule is CC1CNCC(C(=O)N2CCC(CN3CCCC3)CC2)C1. The molecule has 3 aliphatic rings. The fourth-order valence-electron chi connectivity index (χ4n) is 4.27. The molecule has 0 aromatic heterocycles. The van der Waals surface area contributed by atoms with Crippen molar-refractivity contribution in [1.29, 1.82) is 0 Å². The molecule has 3 saturated heterocycles. The minimum atomic E-state index is 0.226. The average Bonchev–Trinajstić information content (AvgIpc) is 3.00. The largest absolute Gasteiger partial charge is 0.342 e. The van der Waals surface area contributed by atoms with E-state index in [0.29, 0.717) is 11.8 Å². The molecule has 3 heterocycles. The molecule has 2 unspecified atom stereocenters. The number of likely N-dealkylation sites (tertiary alicyclic amines) is 2. The summed E-state index contributed by atoms with van der Waals surface area (Å²) in [6.07, 6.45) is 6.24. The lowest BCUT2D eigenvalue weighted by Crippen LogP contribution is -2.48. The Bertz CT molecular complexity index is 346. The minimum Gasteiger partial charge on any atom is -0.342 e. The van der Waals surface area contributed by atoms with Crippen LogP contribution in [-0.2, 0) is 4.79 Å². The summed E-state index contributed by atoms with van der Waals surface area (Å²) in [6.45, 7) is 10.0. The number of hydrogen-bond acceptors (Lipinski definition) is 3. The van der Waals surface area contributed by atoms with Crippen molar-refractivity contribution in [2.75, 3.05) is 45.8 Å². The minimum absolute atomic E-state index is 0.226. The number of nitrogens with one attached hydrogen (secondary N) is 1. The predicted molar refractivity (Wildman–Crippen MR) is 85.1 cm³/mol. The van der Waals surface area contributed by atoms with Crippen molar-refractivity contribution < 1.29 is 4.79 Å². The number of nitrogens with zero attached hydrogens (tertiary/aromatic N) is 2. The summed E-state index contributed by atoms with van der Waals surface area (Å²) in [5.41, 5.74) is 0. The Morgan fingerprint density at radius 2 is 1.81 bits per heavy atom. The van der Waals surface area contributed by atoms with Crippen LogP contribution >= 0.6 is 0 Å². The number of rotatable bonds is 3.